The second-order valence-electron chi connectivity index (χ2n) is 6.81. The van der Waals surface area contributed by atoms with Crippen LogP contribution in [-0.2, 0) is 11.3 Å². The van der Waals surface area contributed by atoms with E-state index in [0.29, 0.717) is 11.0 Å². The monoisotopic (exact) mass is 366 g/mol. The van der Waals surface area contributed by atoms with Crippen molar-refractivity contribution >= 4 is 16.9 Å². The largest absolute Gasteiger partial charge is 0.487 e. The molecule has 3 rings (SSSR count). The van der Waals surface area contributed by atoms with Gasteiger partial charge in [-0.15, -0.1) is 0 Å². The van der Waals surface area contributed by atoms with Crippen LogP contribution in [0.2, 0.25) is 0 Å². The number of fused-ring (bicyclic) bond motifs is 1. The number of para-hydroxylation sites is 1. The average Bonchev–Trinajstić information content (AvgIpc) is 2.65. The van der Waals surface area contributed by atoms with Gasteiger partial charge in [0.1, 0.15) is 12.2 Å². The second-order valence-corrected chi connectivity index (χ2v) is 6.81. The molecule has 2 aromatic carbocycles. The zero-order valence-corrected chi connectivity index (χ0v) is 15.7. The Morgan fingerprint density at radius 1 is 1.07 bits per heavy atom. The number of esters is 1. The van der Waals surface area contributed by atoms with Crippen LogP contribution in [0.3, 0.4) is 0 Å². The highest BCUT2D eigenvalue weighted by Gasteiger charge is 2.25. The van der Waals surface area contributed by atoms with Crippen LogP contribution in [0.15, 0.2) is 57.7 Å². The maximum absolute atomic E-state index is 12.6. The summed E-state index contributed by atoms with van der Waals surface area (Å²) < 4.78 is 16.6. The maximum atomic E-state index is 12.6. The summed E-state index contributed by atoms with van der Waals surface area (Å²) >= 11 is 0. The van der Waals surface area contributed by atoms with Gasteiger partial charge in [-0.05, 0) is 30.0 Å². The van der Waals surface area contributed by atoms with Gasteiger partial charge in [0, 0.05) is 0 Å². The van der Waals surface area contributed by atoms with Gasteiger partial charge in [-0.2, -0.15) is 0 Å². The first-order valence-electron chi connectivity index (χ1n) is 8.87. The van der Waals surface area contributed by atoms with Crippen molar-refractivity contribution in [2.75, 3.05) is 6.61 Å². The average molecular weight is 366 g/mol. The van der Waals surface area contributed by atoms with Crippen molar-refractivity contribution in [1.29, 1.82) is 0 Å². The van der Waals surface area contributed by atoms with Crippen molar-refractivity contribution in [1.82, 2.24) is 0 Å². The van der Waals surface area contributed by atoms with Crippen molar-refractivity contribution in [2.24, 2.45) is 5.92 Å². The number of benzene rings is 2. The third kappa shape index (κ3) is 4.19. The van der Waals surface area contributed by atoms with E-state index in [0.717, 1.165) is 11.1 Å². The quantitative estimate of drug-likeness (QED) is 0.475. The van der Waals surface area contributed by atoms with E-state index < -0.39 is 11.6 Å². The summed E-state index contributed by atoms with van der Waals surface area (Å²) in [7, 11) is 0. The molecule has 0 aliphatic heterocycles. The van der Waals surface area contributed by atoms with Crippen LogP contribution in [-0.4, -0.2) is 12.6 Å². The van der Waals surface area contributed by atoms with E-state index in [9.17, 15) is 9.59 Å². The lowest BCUT2D eigenvalue weighted by atomic mass is 10.1. The number of hydrogen-bond acceptors (Lipinski definition) is 5. The standard InChI is InChI=1S/C22H22O5/c1-14(2)12-26-21(23)18-20(25-13-16-9-5-4-6-10-16)17-11-7-8-15(3)19(17)27-22(18)24/h4-11,14H,12-13H2,1-3H3. The van der Waals surface area contributed by atoms with E-state index in [1.54, 1.807) is 6.07 Å². The predicted molar refractivity (Wildman–Crippen MR) is 103 cm³/mol. The number of carbonyl (C=O) groups excluding carboxylic acids is 1. The van der Waals surface area contributed by atoms with Crippen molar-refractivity contribution in [3.63, 3.8) is 0 Å². The second kappa shape index (κ2) is 8.08. The Kier molecular flexibility index (Phi) is 5.60. The zero-order valence-electron chi connectivity index (χ0n) is 15.7. The third-order valence-electron chi connectivity index (χ3n) is 4.06. The molecule has 27 heavy (non-hydrogen) atoms. The van der Waals surface area contributed by atoms with E-state index in [2.05, 4.69) is 0 Å². The third-order valence-corrected chi connectivity index (χ3v) is 4.06. The van der Waals surface area contributed by atoms with E-state index in [1.807, 2.05) is 63.2 Å². The molecule has 140 valence electrons. The summed E-state index contributed by atoms with van der Waals surface area (Å²) in [4.78, 5) is 25.1. The molecule has 0 saturated heterocycles. The fourth-order valence-electron chi connectivity index (χ4n) is 2.71. The summed E-state index contributed by atoms with van der Waals surface area (Å²) in [6, 6.07) is 15.0. The SMILES string of the molecule is Cc1cccc2c(OCc3ccccc3)c(C(=O)OCC(C)C)c(=O)oc12. The van der Waals surface area contributed by atoms with Crippen molar-refractivity contribution < 1.29 is 18.7 Å². The van der Waals surface area contributed by atoms with Gasteiger partial charge in [0.25, 0.3) is 0 Å². The molecule has 0 spiro atoms. The summed E-state index contributed by atoms with van der Waals surface area (Å²) in [5, 5.41) is 0.571. The molecule has 0 saturated carbocycles. The van der Waals surface area contributed by atoms with Crippen molar-refractivity contribution in [3.8, 4) is 5.75 Å². The Hall–Kier alpha value is -3.08. The van der Waals surface area contributed by atoms with E-state index in [-0.39, 0.29) is 30.4 Å². The molecule has 0 bridgehead atoms. The number of aryl methyl sites for hydroxylation is 1. The number of rotatable bonds is 6. The highest BCUT2D eigenvalue weighted by molar-refractivity contribution is 5.99. The smallest absolute Gasteiger partial charge is 0.354 e. The molecule has 5 heteroatoms. The lowest BCUT2D eigenvalue weighted by molar-refractivity contribution is 0.0449. The summed E-state index contributed by atoms with van der Waals surface area (Å²) in [5.41, 5.74) is 1.16. The van der Waals surface area contributed by atoms with Crippen molar-refractivity contribution in [3.05, 3.63) is 75.6 Å². The molecule has 0 atom stereocenters. The minimum Gasteiger partial charge on any atom is -0.487 e. The van der Waals surface area contributed by atoms with Gasteiger partial charge in [0.05, 0.1) is 12.0 Å². The number of hydrogen-bond donors (Lipinski definition) is 0. The van der Waals surface area contributed by atoms with Crippen LogP contribution in [0, 0.1) is 12.8 Å². The van der Waals surface area contributed by atoms with Gasteiger partial charge < -0.3 is 13.9 Å². The minimum atomic E-state index is -0.756. The summed E-state index contributed by atoms with van der Waals surface area (Å²) in [6.45, 7) is 6.11. The molecule has 0 N–H and O–H groups in total. The maximum Gasteiger partial charge on any atom is 0.354 e. The highest BCUT2D eigenvalue weighted by atomic mass is 16.5. The van der Waals surface area contributed by atoms with Gasteiger partial charge in [0.15, 0.2) is 11.3 Å². The van der Waals surface area contributed by atoms with Crippen LogP contribution in [0.5, 0.6) is 5.75 Å². The molecule has 5 nitrogen and oxygen atoms in total. The molecule has 0 aliphatic carbocycles. The Bertz CT molecular complexity index is 1000. The molecule has 3 aromatic rings. The summed E-state index contributed by atoms with van der Waals surface area (Å²) in [5.74, 6) is -0.385. The van der Waals surface area contributed by atoms with E-state index in [1.165, 1.54) is 0 Å². The fourth-order valence-corrected chi connectivity index (χ4v) is 2.71. The Morgan fingerprint density at radius 3 is 2.52 bits per heavy atom. The van der Waals surface area contributed by atoms with Gasteiger partial charge in [-0.25, -0.2) is 9.59 Å². The molecule has 1 aromatic heterocycles. The van der Waals surface area contributed by atoms with Crippen molar-refractivity contribution in [2.45, 2.75) is 27.4 Å². The zero-order chi connectivity index (χ0) is 19.4. The first-order chi connectivity index (χ1) is 13.0. The lowest BCUT2D eigenvalue weighted by Crippen LogP contribution is -2.20. The fraction of sp³-hybridized carbons (Fsp3) is 0.273. The molecule has 0 unspecified atom stereocenters. The predicted octanol–water partition coefficient (Wildman–Crippen LogP) is 4.49. The van der Waals surface area contributed by atoms with E-state index >= 15 is 0 Å². The van der Waals surface area contributed by atoms with Gasteiger partial charge >= 0.3 is 11.6 Å². The highest BCUT2D eigenvalue weighted by Crippen LogP contribution is 2.30. The molecule has 0 aliphatic rings. The summed E-state index contributed by atoms with van der Waals surface area (Å²) in [6.07, 6.45) is 0. The minimum absolute atomic E-state index is 0.150. The van der Waals surface area contributed by atoms with Crippen LogP contribution in [0.4, 0.5) is 0 Å². The van der Waals surface area contributed by atoms with Gasteiger partial charge in [0.2, 0.25) is 0 Å². The topological polar surface area (TPSA) is 65.7 Å². The van der Waals surface area contributed by atoms with Gasteiger partial charge in [-0.1, -0.05) is 56.3 Å². The van der Waals surface area contributed by atoms with Crippen LogP contribution in [0.1, 0.15) is 35.3 Å². The number of ether oxygens (including phenoxy) is 2. The van der Waals surface area contributed by atoms with Crippen LogP contribution in [0.25, 0.3) is 11.0 Å². The normalized spacial score (nSPS) is 11.0. The first-order valence-corrected chi connectivity index (χ1v) is 8.87. The molecule has 0 fully saturated rings. The molecule has 1 heterocycles. The Labute approximate surface area is 157 Å². The lowest BCUT2D eigenvalue weighted by Gasteiger charge is -2.14. The first kappa shape index (κ1) is 18.7. The van der Waals surface area contributed by atoms with Crippen LogP contribution >= 0.6 is 0 Å². The molecular weight excluding hydrogens is 344 g/mol. The van der Waals surface area contributed by atoms with Gasteiger partial charge in [-0.3, -0.25) is 0 Å². The van der Waals surface area contributed by atoms with E-state index in [4.69, 9.17) is 13.9 Å². The number of carbonyl (C=O) groups is 1. The Morgan fingerprint density at radius 2 is 1.81 bits per heavy atom. The Balaban J connectivity index is 2.08. The molecule has 0 radical (unpaired) electrons. The molecular formula is C22H22O5. The molecule has 0 amide bonds. The van der Waals surface area contributed by atoms with Crippen LogP contribution < -0.4 is 10.4 Å².